The predicted octanol–water partition coefficient (Wildman–Crippen LogP) is 2.27. The largest absolute Gasteiger partial charge is 0.395 e. The Kier molecular flexibility index (Phi) is 5.27. The average molecular weight is 456 g/mol. The van der Waals surface area contributed by atoms with Crippen molar-refractivity contribution in [2.45, 2.75) is 37.0 Å². The molecule has 2 fully saturated rings. The highest BCUT2D eigenvalue weighted by atomic mass is 32.2. The number of fused-ring (bicyclic) bond motifs is 1. The van der Waals surface area contributed by atoms with Crippen LogP contribution in [0, 0.1) is 5.41 Å². The fourth-order valence-corrected chi connectivity index (χ4v) is 6.09. The van der Waals surface area contributed by atoms with Crippen molar-refractivity contribution < 1.29 is 13.5 Å². The zero-order valence-corrected chi connectivity index (χ0v) is 19.1. The van der Waals surface area contributed by atoms with Gasteiger partial charge in [-0.3, -0.25) is 4.79 Å². The van der Waals surface area contributed by atoms with Gasteiger partial charge >= 0.3 is 0 Å². The number of nitrogens with one attached hydrogen (secondary N) is 1. The number of pyridine rings is 1. The molecule has 7 nitrogen and oxygen atoms in total. The number of piperidine rings is 1. The molecule has 0 radical (unpaired) electrons. The molecular formula is C24H29N3O4S. The topological polar surface area (TPSA) is 91.6 Å². The maximum Gasteiger partial charge on any atom is 0.254 e. The second-order valence-electron chi connectivity index (χ2n) is 9.24. The summed E-state index contributed by atoms with van der Waals surface area (Å²) in [6, 6.07) is 5.24. The van der Waals surface area contributed by atoms with Crippen molar-refractivity contribution in [3.8, 4) is 11.1 Å². The van der Waals surface area contributed by atoms with E-state index in [1.54, 1.807) is 23.7 Å². The third kappa shape index (κ3) is 3.70. The highest BCUT2D eigenvalue weighted by Gasteiger charge is 2.44. The summed E-state index contributed by atoms with van der Waals surface area (Å²) in [6.07, 6.45) is 11.3. The minimum absolute atomic E-state index is 0.0164. The Morgan fingerprint density at radius 2 is 1.88 bits per heavy atom. The van der Waals surface area contributed by atoms with Crippen LogP contribution in [-0.2, 0) is 23.5 Å². The molecule has 0 unspecified atom stereocenters. The minimum atomic E-state index is -3.76. The summed E-state index contributed by atoms with van der Waals surface area (Å²) in [4.78, 5) is 15.1. The van der Waals surface area contributed by atoms with E-state index < -0.39 is 10.0 Å². The number of aromatic nitrogens is 1. The van der Waals surface area contributed by atoms with E-state index in [-0.39, 0.29) is 23.6 Å². The lowest BCUT2D eigenvalue weighted by molar-refractivity contribution is 0.301. The Hall–Kier alpha value is -2.42. The van der Waals surface area contributed by atoms with Crippen LogP contribution in [0.15, 0.2) is 40.2 Å². The van der Waals surface area contributed by atoms with Gasteiger partial charge in [0.2, 0.25) is 10.0 Å². The molecule has 0 atom stereocenters. The van der Waals surface area contributed by atoms with Gasteiger partial charge in [0, 0.05) is 55.3 Å². The van der Waals surface area contributed by atoms with E-state index in [2.05, 4.69) is 9.62 Å². The number of anilines is 1. The highest BCUT2D eigenvalue weighted by molar-refractivity contribution is 7.89. The van der Waals surface area contributed by atoms with Crippen molar-refractivity contribution in [1.82, 2.24) is 9.29 Å². The second-order valence-corrected chi connectivity index (χ2v) is 11.0. The van der Waals surface area contributed by atoms with Gasteiger partial charge < -0.3 is 14.6 Å². The summed E-state index contributed by atoms with van der Waals surface area (Å²) >= 11 is 0. The molecule has 170 valence electrons. The van der Waals surface area contributed by atoms with E-state index >= 15 is 0 Å². The number of hydrogen-bond acceptors (Lipinski definition) is 5. The van der Waals surface area contributed by atoms with Crippen molar-refractivity contribution >= 4 is 21.8 Å². The lowest BCUT2D eigenvalue weighted by Gasteiger charge is -2.35. The van der Waals surface area contributed by atoms with Crippen molar-refractivity contribution in [2.24, 2.45) is 12.5 Å². The van der Waals surface area contributed by atoms with Gasteiger partial charge in [-0.15, -0.1) is 0 Å². The maximum atomic E-state index is 12.8. The van der Waals surface area contributed by atoms with Gasteiger partial charge in [-0.1, -0.05) is 12.2 Å². The van der Waals surface area contributed by atoms with Crippen molar-refractivity contribution in [3.63, 3.8) is 0 Å². The molecule has 5 rings (SSSR count). The third-order valence-corrected chi connectivity index (χ3v) is 8.68. The summed E-state index contributed by atoms with van der Waals surface area (Å²) in [7, 11) is -2.02. The number of hydrogen-bond donors (Lipinski definition) is 2. The molecule has 8 heteroatoms. The van der Waals surface area contributed by atoms with Gasteiger partial charge in [-0.2, -0.15) is 0 Å². The molecule has 1 aliphatic heterocycles. The van der Waals surface area contributed by atoms with Gasteiger partial charge in [0.25, 0.3) is 5.56 Å². The molecule has 0 amide bonds. The summed E-state index contributed by atoms with van der Waals surface area (Å²) in [6.45, 7) is 1.60. The lowest BCUT2D eigenvalue weighted by atomic mass is 9.92. The third-order valence-electron chi connectivity index (χ3n) is 7.22. The molecule has 2 heterocycles. The van der Waals surface area contributed by atoms with E-state index in [0.717, 1.165) is 53.9 Å². The number of sulfonamides is 1. The van der Waals surface area contributed by atoms with Crippen LogP contribution in [0.1, 0.15) is 36.8 Å². The van der Waals surface area contributed by atoms with Crippen LogP contribution >= 0.6 is 0 Å². The first-order valence-electron chi connectivity index (χ1n) is 11.2. The van der Waals surface area contributed by atoms with Crippen LogP contribution in [-0.4, -0.2) is 44.3 Å². The van der Waals surface area contributed by atoms with E-state index in [1.807, 2.05) is 24.4 Å². The fourth-order valence-electron chi connectivity index (χ4n) is 5.05. The first kappa shape index (κ1) is 21.4. The SMILES string of the molecule is Cn1cc(-c2cc(S(=O)(=O)NCCO)ccc2N2CCC3(CC2)CC3)c2c(c1=O)CC=C2. The zero-order chi connectivity index (χ0) is 22.5. The molecule has 1 saturated carbocycles. The van der Waals surface area contributed by atoms with Crippen LogP contribution in [0.3, 0.4) is 0 Å². The molecule has 1 aromatic heterocycles. The van der Waals surface area contributed by atoms with Crippen LogP contribution in [0.4, 0.5) is 5.69 Å². The zero-order valence-electron chi connectivity index (χ0n) is 18.3. The number of rotatable bonds is 6. The first-order valence-corrected chi connectivity index (χ1v) is 12.7. The smallest absolute Gasteiger partial charge is 0.254 e. The summed E-state index contributed by atoms with van der Waals surface area (Å²) < 4.78 is 29.6. The van der Waals surface area contributed by atoms with Gasteiger partial charge in [0.1, 0.15) is 0 Å². The van der Waals surface area contributed by atoms with E-state index in [9.17, 15) is 13.2 Å². The van der Waals surface area contributed by atoms with Crippen molar-refractivity contribution in [1.29, 1.82) is 0 Å². The van der Waals surface area contributed by atoms with Crippen molar-refractivity contribution in [3.05, 3.63) is 52.0 Å². The summed E-state index contributed by atoms with van der Waals surface area (Å²) in [5.41, 5.74) is 4.84. The standard InChI is InChI=1S/C24H29N3O4S/c1-26-16-21(18-3-2-4-19(18)23(26)29)20-15-17(32(30,31)25-11-14-28)5-6-22(20)27-12-9-24(7-8-24)10-13-27/h2-3,5-6,15-16,25,28H,4,7-14H2,1H3. The summed E-state index contributed by atoms with van der Waals surface area (Å²) in [5.74, 6) is 0. The molecule has 0 bridgehead atoms. The number of aryl methyl sites for hydroxylation is 1. The number of allylic oxidation sites excluding steroid dienone is 1. The van der Waals surface area contributed by atoms with Gasteiger partial charge in [0.15, 0.2) is 0 Å². The number of benzene rings is 1. The molecule has 2 aliphatic carbocycles. The highest BCUT2D eigenvalue weighted by Crippen LogP contribution is 2.54. The Bertz CT molecular complexity index is 1250. The van der Waals surface area contributed by atoms with E-state index in [1.165, 1.54) is 12.8 Å². The quantitative estimate of drug-likeness (QED) is 0.697. The van der Waals surface area contributed by atoms with Gasteiger partial charge in [-0.05, 0) is 61.3 Å². The van der Waals surface area contributed by atoms with Crippen molar-refractivity contribution in [2.75, 3.05) is 31.1 Å². The minimum Gasteiger partial charge on any atom is -0.395 e. The molecule has 3 aliphatic rings. The Balaban J connectivity index is 1.64. The van der Waals surface area contributed by atoms with Crippen LogP contribution in [0.2, 0.25) is 0 Å². The molecule has 1 spiro atoms. The second kappa shape index (κ2) is 7.86. The molecule has 1 aromatic carbocycles. The molecule has 32 heavy (non-hydrogen) atoms. The number of aliphatic hydroxyl groups is 1. The average Bonchev–Trinajstić information content (AvgIpc) is 3.35. The summed E-state index contributed by atoms with van der Waals surface area (Å²) in [5, 5.41) is 9.06. The Labute approximate surface area is 188 Å². The molecule has 2 aromatic rings. The lowest BCUT2D eigenvalue weighted by Crippen LogP contribution is -2.35. The fraction of sp³-hybridized carbons (Fsp3) is 0.458. The molecular weight excluding hydrogens is 426 g/mol. The van der Waals surface area contributed by atoms with Gasteiger partial charge in [0.05, 0.1) is 11.5 Å². The van der Waals surface area contributed by atoms with Crippen LogP contribution < -0.4 is 15.2 Å². The van der Waals surface area contributed by atoms with Crippen LogP contribution in [0.25, 0.3) is 17.2 Å². The van der Waals surface area contributed by atoms with E-state index in [0.29, 0.717) is 11.8 Å². The number of aliphatic hydroxyl groups excluding tert-OH is 1. The Morgan fingerprint density at radius 1 is 1.12 bits per heavy atom. The number of nitrogens with zero attached hydrogens (tertiary/aromatic N) is 2. The normalized spacial score (nSPS) is 18.9. The monoisotopic (exact) mass is 455 g/mol. The molecule has 1 saturated heterocycles. The Morgan fingerprint density at radius 3 is 2.56 bits per heavy atom. The van der Waals surface area contributed by atoms with Gasteiger partial charge in [-0.25, -0.2) is 13.1 Å². The van der Waals surface area contributed by atoms with E-state index in [4.69, 9.17) is 5.11 Å². The molecule has 2 N–H and O–H groups in total. The maximum absolute atomic E-state index is 12.8. The predicted molar refractivity (Wildman–Crippen MR) is 125 cm³/mol. The van der Waals surface area contributed by atoms with Crippen LogP contribution in [0.5, 0.6) is 0 Å². The first-order chi connectivity index (χ1) is 15.3.